The predicted molar refractivity (Wildman–Crippen MR) is 218 cm³/mol. The standard InChI is InChI=1S/C47H36N4O/c1-47(28-11-4-12-29-47)35-25-23-34(24-26-35)46(50-45(48-2)33-14-5-3-6-15-33)49-31-32-22-27-38-39-18-13-21-42(44(39)52-43(38)30-32)51-40-19-9-7-16-36(40)37-17-8-10-20-41(37)51/h3-28,30H,2,29,31H2,1H3/b49-46-,50-45-. The Labute approximate surface area is 302 Å². The van der Waals surface area contributed by atoms with Gasteiger partial charge in [0, 0.05) is 38.1 Å². The molecule has 0 fully saturated rings. The Bertz CT molecular complexity index is 2710. The van der Waals surface area contributed by atoms with Crippen LogP contribution in [0.15, 0.2) is 183 Å². The molecule has 2 heterocycles. The Morgan fingerprint density at radius 2 is 1.38 bits per heavy atom. The zero-order chi connectivity index (χ0) is 35.1. The smallest absolute Gasteiger partial charge is 0.161 e. The summed E-state index contributed by atoms with van der Waals surface area (Å²) in [7, 11) is 0. The third-order valence-corrected chi connectivity index (χ3v) is 10.2. The molecule has 5 nitrogen and oxygen atoms in total. The normalized spacial score (nSPS) is 16.4. The molecule has 1 unspecified atom stereocenters. The molecule has 0 saturated carbocycles. The van der Waals surface area contributed by atoms with Crippen LogP contribution in [0.4, 0.5) is 0 Å². The first-order valence-corrected chi connectivity index (χ1v) is 17.6. The van der Waals surface area contributed by atoms with Crippen LogP contribution in [0.25, 0.3) is 49.4 Å². The molecule has 8 aromatic rings. The zero-order valence-electron chi connectivity index (χ0n) is 28.9. The molecule has 1 atom stereocenters. The lowest BCUT2D eigenvalue weighted by Crippen LogP contribution is -2.19. The molecule has 0 N–H and O–H groups in total. The molecule has 2 aromatic heterocycles. The van der Waals surface area contributed by atoms with Crippen molar-refractivity contribution in [2.24, 2.45) is 15.0 Å². The van der Waals surface area contributed by atoms with E-state index in [0.29, 0.717) is 18.2 Å². The van der Waals surface area contributed by atoms with Crippen LogP contribution in [0.2, 0.25) is 0 Å². The fraction of sp³-hybridized carbons (Fsp3) is 0.0851. The van der Waals surface area contributed by atoms with Gasteiger partial charge in [0.15, 0.2) is 17.3 Å². The van der Waals surface area contributed by atoms with Gasteiger partial charge in [-0.05, 0) is 48.5 Å². The molecule has 250 valence electrons. The highest BCUT2D eigenvalue weighted by Crippen LogP contribution is 2.38. The fourth-order valence-corrected chi connectivity index (χ4v) is 7.46. The summed E-state index contributed by atoms with van der Waals surface area (Å²) in [5, 5.41) is 4.59. The van der Waals surface area contributed by atoms with Crippen molar-refractivity contribution in [3.63, 3.8) is 0 Å². The molecule has 0 spiro atoms. The van der Waals surface area contributed by atoms with Gasteiger partial charge in [-0.15, -0.1) is 0 Å². The summed E-state index contributed by atoms with van der Waals surface area (Å²) in [5.74, 6) is 1.13. The van der Waals surface area contributed by atoms with Gasteiger partial charge in [-0.25, -0.2) is 9.98 Å². The molecule has 1 aliphatic rings. The van der Waals surface area contributed by atoms with Crippen LogP contribution in [-0.4, -0.2) is 23.0 Å². The number of rotatable bonds is 6. The number of fused-ring (bicyclic) bond motifs is 6. The van der Waals surface area contributed by atoms with Gasteiger partial charge >= 0.3 is 0 Å². The van der Waals surface area contributed by atoms with Gasteiger partial charge in [-0.2, -0.15) is 0 Å². The Kier molecular flexibility index (Phi) is 7.81. The quantitative estimate of drug-likeness (QED) is 0.128. The number of benzene rings is 6. The lowest BCUT2D eigenvalue weighted by atomic mass is 9.77. The van der Waals surface area contributed by atoms with Crippen molar-refractivity contribution in [1.82, 2.24) is 4.57 Å². The van der Waals surface area contributed by atoms with E-state index in [4.69, 9.17) is 14.4 Å². The maximum atomic E-state index is 6.73. The maximum Gasteiger partial charge on any atom is 0.161 e. The van der Waals surface area contributed by atoms with Crippen LogP contribution in [-0.2, 0) is 12.0 Å². The minimum atomic E-state index is -0.0465. The molecule has 0 saturated heterocycles. The highest BCUT2D eigenvalue weighted by atomic mass is 16.3. The van der Waals surface area contributed by atoms with E-state index in [1.54, 1.807) is 0 Å². The predicted octanol–water partition coefficient (Wildman–Crippen LogP) is 11.6. The summed E-state index contributed by atoms with van der Waals surface area (Å²) in [6, 6.07) is 48.4. The van der Waals surface area contributed by atoms with E-state index in [1.165, 1.54) is 16.3 Å². The van der Waals surface area contributed by atoms with E-state index in [9.17, 15) is 0 Å². The summed E-state index contributed by atoms with van der Waals surface area (Å²) in [6.45, 7) is 6.52. The molecule has 5 heteroatoms. The van der Waals surface area contributed by atoms with Gasteiger partial charge in [-0.1, -0.05) is 146 Å². The van der Waals surface area contributed by atoms with Crippen molar-refractivity contribution >= 4 is 62.1 Å². The van der Waals surface area contributed by atoms with Gasteiger partial charge < -0.3 is 8.98 Å². The largest absolute Gasteiger partial charge is 0.454 e. The number of amidine groups is 2. The number of para-hydroxylation sites is 3. The number of allylic oxidation sites excluding steroid dienone is 4. The number of aromatic nitrogens is 1. The number of furan rings is 1. The third-order valence-electron chi connectivity index (χ3n) is 10.2. The molecular weight excluding hydrogens is 637 g/mol. The van der Waals surface area contributed by atoms with Crippen LogP contribution >= 0.6 is 0 Å². The molecular formula is C47H36N4O. The first-order chi connectivity index (χ1) is 25.6. The topological polar surface area (TPSA) is 55.1 Å². The van der Waals surface area contributed by atoms with E-state index < -0.39 is 0 Å². The van der Waals surface area contributed by atoms with E-state index >= 15 is 0 Å². The van der Waals surface area contributed by atoms with Gasteiger partial charge in [-0.3, -0.25) is 4.99 Å². The summed E-state index contributed by atoms with van der Waals surface area (Å²) in [5.41, 5.74) is 9.03. The van der Waals surface area contributed by atoms with Crippen molar-refractivity contribution in [3.8, 4) is 5.69 Å². The SMILES string of the molecule is C=N/C(=N\C(=N/Cc1ccc2c(c1)oc1c(-n3c4ccccc4c4ccccc43)cccc12)c1ccc(C2(C)C=CC=CC2)cc1)c1ccccc1. The number of hydrogen-bond acceptors (Lipinski definition) is 2. The molecule has 1 aliphatic carbocycles. The van der Waals surface area contributed by atoms with Crippen LogP contribution < -0.4 is 0 Å². The zero-order valence-corrected chi connectivity index (χ0v) is 28.9. The second-order valence-electron chi connectivity index (χ2n) is 13.5. The maximum absolute atomic E-state index is 6.73. The van der Waals surface area contributed by atoms with Crippen LogP contribution in [0.1, 0.15) is 35.6 Å². The van der Waals surface area contributed by atoms with E-state index in [2.05, 4.69) is 157 Å². The summed E-state index contributed by atoms with van der Waals surface area (Å²) in [4.78, 5) is 14.4. The van der Waals surface area contributed by atoms with E-state index in [-0.39, 0.29) is 5.41 Å². The molecule has 0 bridgehead atoms. The molecule has 0 aliphatic heterocycles. The minimum Gasteiger partial charge on any atom is -0.454 e. The summed E-state index contributed by atoms with van der Waals surface area (Å²) in [6.07, 6.45) is 9.68. The molecule has 0 radical (unpaired) electrons. The van der Waals surface area contributed by atoms with Gasteiger partial charge in [0.05, 0.1) is 23.3 Å². The Morgan fingerprint density at radius 1 is 0.692 bits per heavy atom. The van der Waals surface area contributed by atoms with E-state index in [1.807, 2.05) is 30.3 Å². The number of aliphatic imine (C=N–C) groups is 3. The monoisotopic (exact) mass is 672 g/mol. The summed E-state index contributed by atoms with van der Waals surface area (Å²) < 4.78 is 9.04. The van der Waals surface area contributed by atoms with Crippen molar-refractivity contribution in [2.45, 2.75) is 25.3 Å². The molecule has 52 heavy (non-hydrogen) atoms. The van der Waals surface area contributed by atoms with Crippen molar-refractivity contribution in [3.05, 3.63) is 186 Å². The van der Waals surface area contributed by atoms with Crippen LogP contribution in [0, 0.1) is 0 Å². The van der Waals surface area contributed by atoms with Gasteiger partial charge in [0.1, 0.15) is 5.58 Å². The highest BCUT2D eigenvalue weighted by Gasteiger charge is 2.23. The Balaban J connectivity index is 1.11. The third kappa shape index (κ3) is 5.48. The Hall–Kier alpha value is -6.59. The molecule has 6 aromatic carbocycles. The number of nitrogens with zero attached hydrogens (tertiary/aromatic N) is 4. The second kappa shape index (κ2) is 12.9. The average Bonchev–Trinajstić information content (AvgIpc) is 3.74. The fourth-order valence-electron chi connectivity index (χ4n) is 7.46. The number of hydrogen-bond donors (Lipinski definition) is 0. The minimum absolute atomic E-state index is 0.0465. The molecule has 0 amide bonds. The summed E-state index contributed by atoms with van der Waals surface area (Å²) >= 11 is 0. The first-order valence-electron chi connectivity index (χ1n) is 17.6. The van der Waals surface area contributed by atoms with Gasteiger partial charge in [0.25, 0.3) is 0 Å². The van der Waals surface area contributed by atoms with Crippen molar-refractivity contribution in [1.29, 1.82) is 0 Å². The van der Waals surface area contributed by atoms with Gasteiger partial charge in [0.2, 0.25) is 0 Å². The van der Waals surface area contributed by atoms with Crippen LogP contribution in [0.5, 0.6) is 0 Å². The molecule has 9 rings (SSSR count). The Morgan fingerprint density at radius 3 is 2.10 bits per heavy atom. The van der Waals surface area contributed by atoms with E-state index in [0.717, 1.165) is 61.8 Å². The lowest BCUT2D eigenvalue weighted by Gasteiger charge is -2.27. The average molecular weight is 673 g/mol. The van der Waals surface area contributed by atoms with Crippen molar-refractivity contribution < 1.29 is 4.42 Å². The first kappa shape index (κ1) is 31.4. The van der Waals surface area contributed by atoms with Crippen molar-refractivity contribution in [2.75, 3.05) is 0 Å². The highest BCUT2D eigenvalue weighted by molar-refractivity contribution is 6.14. The second-order valence-corrected chi connectivity index (χ2v) is 13.5. The lowest BCUT2D eigenvalue weighted by molar-refractivity contribution is 0.600. The van der Waals surface area contributed by atoms with Crippen LogP contribution in [0.3, 0.4) is 0 Å².